The van der Waals surface area contributed by atoms with E-state index in [0.29, 0.717) is 31.2 Å². The number of urea groups is 1. The molecular weight excluding hydrogens is 464 g/mol. The maximum atomic E-state index is 13.0. The van der Waals surface area contributed by atoms with E-state index >= 15 is 0 Å². The molecule has 3 amide bonds. The molecule has 1 aromatic carbocycles. The number of hydrogen-bond donors (Lipinski definition) is 2. The van der Waals surface area contributed by atoms with Gasteiger partial charge in [0.1, 0.15) is 5.69 Å². The molecule has 35 heavy (non-hydrogen) atoms. The molecule has 2 aromatic heterocycles. The lowest BCUT2D eigenvalue weighted by Crippen LogP contribution is -2.40. The van der Waals surface area contributed by atoms with Crippen LogP contribution in [-0.2, 0) is 4.74 Å². The van der Waals surface area contributed by atoms with Gasteiger partial charge in [-0.3, -0.25) is 15.2 Å². The van der Waals surface area contributed by atoms with Crippen molar-refractivity contribution >= 4 is 29.1 Å². The van der Waals surface area contributed by atoms with Gasteiger partial charge in [-0.25, -0.2) is 9.78 Å². The Balaban J connectivity index is 1.14. The average molecular weight is 495 g/mol. The standard InChI is InChI=1S/C25H30N6O3S/c1-34-15-19-8-5-11-31(19)24(32)21-16-35-23(26-21)18-9-12-30(13-10-18)25(33)27-22-14-20(28-29-22)17-6-3-2-4-7-17/h2-4,6-7,14,16,18-19H,5,8-13,15H2,1H3,(H2,27,28,29,33). The lowest BCUT2D eigenvalue weighted by atomic mass is 9.98. The van der Waals surface area contributed by atoms with Gasteiger partial charge in [0.25, 0.3) is 5.91 Å². The van der Waals surface area contributed by atoms with E-state index in [4.69, 9.17) is 9.72 Å². The number of methoxy groups -OCH3 is 1. The van der Waals surface area contributed by atoms with Crippen LogP contribution in [0, 0.1) is 0 Å². The number of benzene rings is 1. The van der Waals surface area contributed by atoms with Gasteiger partial charge in [0.15, 0.2) is 5.82 Å². The number of amides is 3. The number of rotatable bonds is 6. The number of nitrogens with zero attached hydrogens (tertiary/aromatic N) is 4. The second-order valence-corrected chi connectivity index (χ2v) is 9.93. The van der Waals surface area contributed by atoms with Gasteiger partial charge < -0.3 is 14.5 Å². The number of aromatic nitrogens is 3. The van der Waals surface area contributed by atoms with Gasteiger partial charge in [0, 0.05) is 44.1 Å². The van der Waals surface area contributed by atoms with Crippen LogP contribution in [0.3, 0.4) is 0 Å². The molecule has 184 valence electrons. The summed E-state index contributed by atoms with van der Waals surface area (Å²) in [6.07, 6.45) is 3.62. The number of piperidine rings is 1. The summed E-state index contributed by atoms with van der Waals surface area (Å²) in [5.41, 5.74) is 2.40. The topological polar surface area (TPSA) is 103 Å². The summed E-state index contributed by atoms with van der Waals surface area (Å²) in [5, 5.41) is 12.9. The molecule has 3 aromatic rings. The minimum absolute atomic E-state index is 0.00209. The van der Waals surface area contributed by atoms with Crippen molar-refractivity contribution < 1.29 is 14.3 Å². The van der Waals surface area contributed by atoms with Gasteiger partial charge in [0.05, 0.1) is 23.4 Å². The van der Waals surface area contributed by atoms with Crippen molar-refractivity contribution in [3.05, 3.63) is 52.5 Å². The zero-order valence-electron chi connectivity index (χ0n) is 19.8. The molecule has 2 saturated heterocycles. The van der Waals surface area contributed by atoms with Crippen molar-refractivity contribution in [2.24, 2.45) is 0 Å². The van der Waals surface area contributed by atoms with Gasteiger partial charge in [-0.1, -0.05) is 30.3 Å². The Morgan fingerprint density at radius 1 is 1.17 bits per heavy atom. The molecule has 0 aliphatic carbocycles. The third kappa shape index (κ3) is 5.23. The van der Waals surface area contributed by atoms with E-state index < -0.39 is 0 Å². The Bertz CT molecular complexity index is 1150. The van der Waals surface area contributed by atoms with E-state index in [1.165, 1.54) is 0 Å². The smallest absolute Gasteiger partial charge is 0.323 e. The molecule has 2 aliphatic rings. The zero-order valence-corrected chi connectivity index (χ0v) is 20.6. The number of thiazole rings is 1. The molecule has 5 rings (SSSR count). The zero-order chi connectivity index (χ0) is 24.2. The molecule has 1 atom stereocenters. The second-order valence-electron chi connectivity index (χ2n) is 9.05. The van der Waals surface area contributed by atoms with Gasteiger partial charge in [0.2, 0.25) is 0 Å². The van der Waals surface area contributed by atoms with Gasteiger partial charge >= 0.3 is 6.03 Å². The predicted molar refractivity (Wildman–Crippen MR) is 135 cm³/mol. The summed E-state index contributed by atoms with van der Waals surface area (Å²) >= 11 is 1.55. The fraction of sp³-hybridized carbons (Fsp3) is 0.440. The molecular formula is C25H30N6O3S. The van der Waals surface area contributed by atoms with Crippen LogP contribution in [0.15, 0.2) is 41.8 Å². The number of carbonyl (C=O) groups is 2. The quantitative estimate of drug-likeness (QED) is 0.535. The van der Waals surface area contributed by atoms with E-state index in [0.717, 1.165) is 48.5 Å². The summed E-state index contributed by atoms with van der Waals surface area (Å²) in [4.78, 5) is 34.2. The maximum absolute atomic E-state index is 13.0. The Morgan fingerprint density at radius 3 is 2.74 bits per heavy atom. The number of anilines is 1. The van der Waals surface area contributed by atoms with E-state index in [1.54, 1.807) is 18.4 Å². The number of H-pyrrole nitrogens is 1. The molecule has 0 radical (unpaired) electrons. The fourth-order valence-electron chi connectivity index (χ4n) is 4.86. The number of carbonyl (C=O) groups excluding carboxylic acids is 2. The first-order valence-electron chi connectivity index (χ1n) is 12.0. The Hall–Kier alpha value is -3.24. The van der Waals surface area contributed by atoms with Crippen molar-refractivity contribution in [2.75, 3.05) is 38.7 Å². The SMILES string of the molecule is COCC1CCCN1C(=O)c1csc(C2CCN(C(=O)Nc3cc(-c4ccccc4)[nH]n3)CC2)n1. The van der Waals surface area contributed by atoms with E-state index in [-0.39, 0.29) is 23.9 Å². The average Bonchev–Trinajstić information content (AvgIpc) is 3.66. The summed E-state index contributed by atoms with van der Waals surface area (Å²) in [5.74, 6) is 0.763. The van der Waals surface area contributed by atoms with Gasteiger partial charge in [-0.05, 0) is 31.2 Å². The number of hydrogen-bond acceptors (Lipinski definition) is 6. The van der Waals surface area contributed by atoms with Crippen molar-refractivity contribution in [2.45, 2.75) is 37.6 Å². The number of aromatic amines is 1. The molecule has 0 saturated carbocycles. The molecule has 0 spiro atoms. The lowest BCUT2D eigenvalue weighted by molar-refractivity contribution is 0.0625. The highest BCUT2D eigenvalue weighted by Gasteiger charge is 2.32. The maximum Gasteiger partial charge on any atom is 0.323 e. The van der Waals surface area contributed by atoms with Crippen LogP contribution in [-0.4, -0.2) is 76.3 Å². The number of likely N-dealkylation sites (tertiary alicyclic amines) is 2. The summed E-state index contributed by atoms with van der Waals surface area (Å²) in [6, 6.07) is 11.7. The van der Waals surface area contributed by atoms with Crippen LogP contribution >= 0.6 is 11.3 Å². The van der Waals surface area contributed by atoms with Crippen molar-refractivity contribution in [3.8, 4) is 11.3 Å². The monoisotopic (exact) mass is 494 g/mol. The van der Waals surface area contributed by atoms with Crippen LogP contribution in [0.1, 0.15) is 47.1 Å². The molecule has 10 heteroatoms. The third-order valence-electron chi connectivity index (χ3n) is 6.77. The first-order chi connectivity index (χ1) is 17.1. The third-order valence-corrected chi connectivity index (χ3v) is 7.77. The fourth-order valence-corrected chi connectivity index (χ4v) is 5.82. The molecule has 1 unspecified atom stereocenters. The van der Waals surface area contributed by atoms with Crippen molar-refractivity contribution in [1.82, 2.24) is 25.0 Å². The Labute approximate surface area is 208 Å². The lowest BCUT2D eigenvalue weighted by Gasteiger charge is -2.30. The molecule has 2 fully saturated rings. The van der Waals surface area contributed by atoms with Crippen LogP contribution < -0.4 is 5.32 Å². The first-order valence-corrected chi connectivity index (χ1v) is 12.9. The van der Waals surface area contributed by atoms with Gasteiger partial charge in [-0.2, -0.15) is 5.10 Å². The highest BCUT2D eigenvalue weighted by molar-refractivity contribution is 7.09. The van der Waals surface area contributed by atoms with Crippen LogP contribution in [0.2, 0.25) is 0 Å². The normalized spacial score (nSPS) is 18.7. The molecule has 2 aliphatic heterocycles. The number of nitrogens with one attached hydrogen (secondary N) is 2. The Morgan fingerprint density at radius 2 is 1.97 bits per heavy atom. The molecule has 4 heterocycles. The molecule has 0 bridgehead atoms. The highest BCUT2D eigenvalue weighted by atomic mass is 32.1. The summed E-state index contributed by atoms with van der Waals surface area (Å²) in [7, 11) is 1.67. The van der Waals surface area contributed by atoms with E-state index in [9.17, 15) is 9.59 Å². The highest BCUT2D eigenvalue weighted by Crippen LogP contribution is 2.31. The van der Waals surface area contributed by atoms with E-state index in [2.05, 4.69) is 15.5 Å². The van der Waals surface area contributed by atoms with Gasteiger partial charge in [-0.15, -0.1) is 11.3 Å². The summed E-state index contributed by atoms with van der Waals surface area (Å²) in [6.45, 7) is 2.60. The van der Waals surface area contributed by atoms with Crippen molar-refractivity contribution in [3.63, 3.8) is 0 Å². The number of ether oxygens (including phenoxy) is 1. The molecule has 9 nitrogen and oxygen atoms in total. The van der Waals surface area contributed by atoms with Crippen LogP contribution in [0.4, 0.5) is 10.6 Å². The summed E-state index contributed by atoms with van der Waals surface area (Å²) < 4.78 is 5.28. The Kier molecular flexibility index (Phi) is 7.10. The largest absolute Gasteiger partial charge is 0.383 e. The first kappa shape index (κ1) is 23.5. The minimum Gasteiger partial charge on any atom is -0.383 e. The predicted octanol–water partition coefficient (Wildman–Crippen LogP) is 4.20. The van der Waals surface area contributed by atoms with Crippen LogP contribution in [0.5, 0.6) is 0 Å². The van der Waals surface area contributed by atoms with Crippen LogP contribution in [0.25, 0.3) is 11.3 Å². The molecule has 2 N–H and O–H groups in total. The second kappa shape index (κ2) is 10.6. The minimum atomic E-state index is -0.150. The van der Waals surface area contributed by atoms with E-state index in [1.807, 2.05) is 51.6 Å². The van der Waals surface area contributed by atoms with Crippen molar-refractivity contribution in [1.29, 1.82) is 0 Å².